The van der Waals surface area contributed by atoms with Gasteiger partial charge >= 0.3 is 0 Å². The summed E-state index contributed by atoms with van der Waals surface area (Å²) in [6.45, 7) is 1.98. The lowest BCUT2D eigenvalue weighted by Crippen LogP contribution is -2.28. The Morgan fingerprint density at radius 1 is 1.33 bits per heavy atom. The van der Waals surface area contributed by atoms with Crippen LogP contribution in [0.4, 0.5) is 0 Å². The lowest BCUT2D eigenvalue weighted by molar-refractivity contribution is 0.0857. The first-order chi connectivity index (χ1) is 7.11. The third kappa shape index (κ3) is 2.85. The molecule has 0 spiro atoms. The minimum absolute atomic E-state index is 0.0333. The van der Waals surface area contributed by atoms with Crippen molar-refractivity contribution in [2.24, 2.45) is 0 Å². The molecule has 0 aliphatic carbocycles. The molecule has 0 aliphatic rings. The van der Waals surface area contributed by atoms with Crippen molar-refractivity contribution in [2.75, 3.05) is 14.2 Å². The molecule has 0 saturated heterocycles. The molecule has 0 amide bonds. The van der Waals surface area contributed by atoms with E-state index >= 15 is 0 Å². The van der Waals surface area contributed by atoms with Gasteiger partial charge in [-0.25, -0.2) is 0 Å². The standard InChI is InChI=1S/C11H15Cl2NO/c1-7(15-3)11(14-2)8-5-4-6-9(12)10(8)13/h4-7,11,14H,1-3H3. The Bertz CT molecular complexity index is 330. The maximum absolute atomic E-state index is 6.14. The molecule has 15 heavy (non-hydrogen) atoms. The molecular weight excluding hydrogens is 233 g/mol. The van der Waals surface area contributed by atoms with Gasteiger partial charge in [0.05, 0.1) is 22.2 Å². The average Bonchev–Trinajstić information content (AvgIpc) is 2.24. The highest BCUT2D eigenvalue weighted by Crippen LogP contribution is 2.31. The van der Waals surface area contributed by atoms with Gasteiger partial charge in [0.1, 0.15) is 0 Å². The molecule has 0 saturated carbocycles. The highest BCUT2D eigenvalue weighted by atomic mass is 35.5. The van der Waals surface area contributed by atoms with E-state index in [2.05, 4.69) is 5.32 Å². The van der Waals surface area contributed by atoms with Crippen LogP contribution in [0.3, 0.4) is 0 Å². The summed E-state index contributed by atoms with van der Waals surface area (Å²) in [7, 11) is 3.55. The zero-order chi connectivity index (χ0) is 11.4. The molecule has 1 N–H and O–H groups in total. The topological polar surface area (TPSA) is 21.3 Å². The molecule has 1 aromatic rings. The molecule has 0 radical (unpaired) electrons. The van der Waals surface area contributed by atoms with Crippen molar-refractivity contribution in [3.63, 3.8) is 0 Å². The Morgan fingerprint density at radius 3 is 2.53 bits per heavy atom. The van der Waals surface area contributed by atoms with E-state index in [1.807, 2.05) is 26.1 Å². The lowest BCUT2D eigenvalue weighted by atomic mass is 10.0. The summed E-state index contributed by atoms with van der Waals surface area (Å²) in [4.78, 5) is 0. The fourth-order valence-electron chi connectivity index (χ4n) is 1.54. The van der Waals surface area contributed by atoms with E-state index in [9.17, 15) is 0 Å². The Hall–Kier alpha value is -0.280. The van der Waals surface area contributed by atoms with E-state index in [4.69, 9.17) is 27.9 Å². The van der Waals surface area contributed by atoms with Gasteiger partial charge < -0.3 is 10.1 Å². The van der Waals surface area contributed by atoms with E-state index in [0.717, 1.165) is 5.56 Å². The van der Waals surface area contributed by atoms with Crippen LogP contribution < -0.4 is 5.32 Å². The highest BCUT2D eigenvalue weighted by molar-refractivity contribution is 6.42. The van der Waals surface area contributed by atoms with Gasteiger partial charge in [0, 0.05) is 7.11 Å². The summed E-state index contributed by atoms with van der Waals surface area (Å²) in [6, 6.07) is 5.65. The molecule has 4 heteroatoms. The number of halogens is 2. The van der Waals surface area contributed by atoms with Crippen molar-refractivity contribution in [3.8, 4) is 0 Å². The quantitative estimate of drug-likeness (QED) is 0.882. The third-order valence-electron chi connectivity index (χ3n) is 2.47. The number of rotatable bonds is 4. The normalized spacial score (nSPS) is 15.0. The van der Waals surface area contributed by atoms with Crippen LogP contribution in [-0.4, -0.2) is 20.3 Å². The molecule has 2 unspecified atom stereocenters. The number of methoxy groups -OCH3 is 1. The third-order valence-corrected chi connectivity index (χ3v) is 3.30. The molecule has 2 nitrogen and oxygen atoms in total. The van der Waals surface area contributed by atoms with Gasteiger partial charge in [0.15, 0.2) is 0 Å². The van der Waals surface area contributed by atoms with Gasteiger partial charge in [-0.2, -0.15) is 0 Å². The van der Waals surface area contributed by atoms with E-state index < -0.39 is 0 Å². The molecule has 0 bridgehead atoms. The second kappa shape index (κ2) is 5.71. The van der Waals surface area contributed by atoms with E-state index in [0.29, 0.717) is 10.0 Å². The molecule has 0 fully saturated rings. The van der Waals surface area contributed by atoms with Crippen molar-refractivity contribution < 1.29 is 4.74 Å². The highest BCUT2D eigenvalue weighted by Gasteiger charge is 2.20. The number of hydrogen-bond acceptors (Lipinski definition) is 2. The number of nitrogens with one attached hydrogen (secondary N) is 1. The van der Waals surface area contributed by atoms with Gasteiger partial charge in [-0.1, -0.05) is 35.3 Å². The monoisotopic (exact) mass is 247 g/mol. The largest absolute Gasteiger partial charge is 0.380 e. The van der Waals surface area contributed by atoms with Crippen LogP contribution in [0.5, 0.6) is 0 Å². The van der Waals surface area contributed by atoms with Crippen molar-refractivity contribution in [1.29, 1.82) is 0 Å². The summed E-state index contributed by atoms with van der Waals surface area (Å²) in [5.74, 6) is 0. The van der Waals surface area contributed by atoms with Crippen molar-refractivity contribution in [2.45, 2.75) is 19.1 Å². The van der Waals surface area contributed by atoms with Gasteiger partial charge in [-0.3, -0.25) is 0 Å². The number of ether oxygens (including phenoxy) is 1. The lowest BCUT2D eigenvalue weighted by Gasteiger charge is -2.23. The summed E-state index contributed by atoms with van der Waals surface area (Å²) >= 11 is 12.1. The predicted molar refractivity (Wildman–Crippen MR) is 64.7 cm³/mol. The average molecular weight is 248 g/mol. The maximum atomic E-state index is 6.14. The van der Waals surface area contributed by atoms with E-state index in [-0.39, 0.29) is 12.1 Å². The number of likely N-dealkylation sites (N-methyl/N-ethyl adjacent to an activating group) is 1. The van der Waals surface area contributed by atoms with Crippen LogP contribution in [0, 0.1) is 0 Å². The Kier molecular flexibility index (Phi) is 4.87. The van der Waals surface area contributed by atoms with E-state index in [1.165, 1.54) is 0 Å². The SMILES string of the molecule is CNC(c1cccc(Cl)c1Cl)C(C)OC. The first-order valence-electron chi connectivity index (χ1n) is 4.75. The molecule has 1 aromatic carbocycles. The van der Waals surface area contributed by atoms with Crippen molar-refractivity contribution in [3.05, 3.63) is 33.8 Å². The minimum Gasteiger partial charge on any atom is -0.380 e. The van der Waals surface area contributed by atoms with Gasteiger partial charge in [0.25, 0.3) is 0 Å². The summed E-state index contributed by atoms with van der Waals surface area (Å²) in [6.07, 6.45) is 0.0333. The maximum Gasteiger partial charge on any atom is 0.0738 e. The van der Waals surface area contributed by atoms with Gasteiger partial charge in [-0.15, -0.1) is 0 Å². The molecular formula is C11H15Cl2NO. The molecule has 0 aliphatic heterocycles. The summed E-state index contributed by atoms with van der Waals surface area (Å²) in [5.41, 5.74) is 0.959. The zero-order valence-corrected chi connectivity index (χ0v) is 10.6. The second-order valence-electron chi connectivity index (χ2n) is 3.35. The van der Waals surface area contributed by atoms with Crippen LogP contribution >= 0.6 is 23.2 Å². The first kappa shape index (κ1) is 12.8. The van der Waals surface area contributed by atoms with Crippen LogP contribution in [0.15, 0.2) is 18.2 Å². The number of benzene rings is 1. The second-order valence-corrected chi connectivity index (χ2v) is 4.14. The molecule has 84 valence electrons. The molecule has 0 heterocycles. The van der Waals surface area contributed by atoms with Gasteiger partial charge in [0.2, 0.25) is 0 Å². The zero-order valence-electron chi connectivity index (χ0n) is 9.05. The summed E-state index contributed by atoms with van der Waals surface area (Å²) in [5, 5.41) is 4.32. The molecule has 0 aromatic heterocycles. The smallest absolute Gasteiger partial charge is 0.0738 e. The van der Waals surface area contributed by atoms with E-state index in [1.54, 1.807) is 13.2 Å². The van der Waals surface area contributed by atoms with Crippen molar-refractivity contribution in [1.82, 2.24) is 5.32 Å². The van der Waals surface area contributed by atoms with Gasteiger partial charge in [-0.05, 0) is 25.6 Å². The number of hydrogen-bond donors (Lipinski definition) is 1. The molecule has 1 rings (SSSR count). The van der Waals surface area contributed by atoms with Crippen LogP contribution in [0.2, 0.25) is 10.0 Å². The Balaban J connectivity index is 3.07. The van der Waals surface area contributed by atoms with Crippen molar-refractivity contribution >= 4 is 23.2 Å². The van der Waals surface area contributed by atoms with Crippen LogP contribution in [0.25, 0.3) is 0 Å². The van der Waals surface area contributed by atoms with Crippen LogP contribution in [-0.2, 0) is 4.74 Å². The first-order valence-corrected chi connectivity index (χ1v) is 5.51. The molecule has 2 atom stereocenters. The minimum atomic E-state index is 0.0333. The Morgan fingerprint density at radius 2 is 2.00 bits per heavy atom. The fraction of sp³-hybridized carbons (Fsp3) is 0.455. The fourth-order valence-corrected chi connectivity index (χ4v) is 1.97. The van der Waals surface area contributed by atoms with Crippen LogP contribution in [0.1, 0.15) is 18.5 Å². The summed E-state index contributed by atoms with van der Waals surface area (Å²) < 4.78 is 5.29. The Labute approximate surface area is 101 Å². The predicted octanol–water partition coefficient (Wildman–Crippen LogP) is 3.29.